The fourth-order valence-corrected chi connectivity index (χ4v) is 2.26. The number of aromatic nitrogens is 3. The molecule has 3 aromatic rings. The Labute approximate surface area is 122 Å². The predicted molar refractivity (Wildman–Crippen MR) is 78.6 cm³/mol. The Morgan fingerprint density at radius 1 is 1.24 bits per heavy atom. The highest BCUT2D eigenvalue weighted by molar-refractivity contribution is 5.33. The largest absolute Gasteiger partial charge is 0.464 e. The van der Waals surface area contributed by atoms with Crippen LogP contribution in [0.25, 0.3) is 5.69 Å². The Morgan fingerprint density at radius 3 is 2.71 bits per heavy atom. The highest BCUT2D eigenvalue weighted by atomic mass is 16.3. The van der Waals surface area contributed by atoms with Gasteiger partial charge in [0.1, 0.15) is 17.6 Å². The summed E-state index contributed by atoms with van der Waals surface area (Å²) in [7, 11) is 0. The summed E-state index contributed by atoms with van der Waals surface area (Å²) < 4.78 is 7.54. The van der Waals surface area contributed by atoms with E-state index in [1.807, 2.05) is 49.4 Å². The maximum absolute atomic E-state index is 5.79. The first-order chi connectivity index (χ1) is 10.3. The summed E-state index contributed by atoms with van der Waals surface area (Å²) >= 11 is 0. The van der Waals surface area contributed by atoms with Gasteiger partial charge in [-0.25, -0.2) is 10.1 Å². The molecule has 1 aromatic carbocycles. The molecule has 0 aliphatic rings. The zero-order chi connectivity index (χ0) is 14.7. The second-order valence-corrected chi connectivity index (χ2v) is 4.66. The van der Waals surface area contributed by atoms with E-state index in [1.165, 1.54) is 0 Å². The molecule has 1 atom stereocenters. The molecule has 0 aliphatic heterocycles. The molecular weight excluding hydrogens is 266 g/mol. The predicted octanol–water partition coefficient (Wildman–Crippen LogP) is 1.98. The van der Waals surface area contributed by atoms with Crippen molar-refractivity contribution in [3.63, 3.8) is 0 Å². The van der Waals surface area contributed by atoms with Crippen LogP contribution in [0.1, 0.15) is 30.2 Å². The maximum Gasteiger partial charge on any atom is 0.128 e. The molecule has 3 N–H and O–H groups in total. The molecule has 2 heterocycles. The van der Waals surface area contributed by atoms with Gasteiger partial charge in [-0.1, -0.05) is 30.3 Å². The van der Waals surface area contributed by atoms with E-state index in [9.17, 15) is 0 Å². The minimum atomic E-state index is -0.305. The van der Waals surface area contributed by atoms with Gasteiger partial charge in [0.15, 0.2) is 0 Å². The molecular formula is C15H17N5O. The fourth-order valence-electron chi connectivity index (χ4n) is 2.26. The van der Waals surface area contributed by atoms with Gasteiger partial charge >= 0.3 is 0 Å². The summed E-state index contributed by atoms with van der Waals surface area (Å²) in [5.74, 6) is 7.38. The lowest BCUT2D eigenvalue weighted by Gasteiger charge is -2.14. The van der Waals surface area contributed by atoms with Crippen LogP contribution < -0.4 is 11.3 Å². The molecule has 0 bridgehead atoms. The van der Waals surface area contributed by atoms with Crippen molar-refractivity contribution in [2.24, 2.45) is 5.84 Å². The van der Waals surface area contributed by atoms with Gasteiger partial charge in [-0.3, -0.25) is 5.84 Å². The molecule has 0 saturated carbocycles. The molecule has 0 radical (unpaired) electrons. The number of hydrogen-bond donors (Lipinski definition) is 2. The van der Waals surface area contributed by atoms with Crippen LogP contribution in [0.15, 0.2) is 53.1 Å². The zero-order valence-electron chi connectivity index (χ0n) is 11.7. The Morgan fingerprint density at radius 2 is 2.05 bits per heavy atom. The average Bonchev–Trinajstić information content (AvgIpc) is 3.19. The molecule has 6 nitrogen and oxygen atoms in total. The van der Waals surface area contributed by atoms with Crippen molar-refractivity contribution in [1.82, 2.24) is 20.4 Å². The van der Waals surface area contributed by atoms with Crippen molar-refractivity contribution >= 4 is 0 Å². The molecule has 0 fully saturated rings. The highest BCUT2D eigenvalue weighted by Crippen LogP contribution is 2.24. The number of hydrazine groups is 1. The van der Waals surface area contributed by atoms with Gasteiger partial charge in [-0.15, -0.1) is 5.10 Å². The van der Waals surface area contributed by atoms with E-state index in [0.717, 1.165) is 29.3 Å². The van der Waals surface area contributed by atoms with E-state index in [-0.39, 0.29) is 6.04 Å². The fraction of sp³-hybridized carbons (Fsp3) is 0.200. The molecule has 0 aliphatic carbocycles. The number of nitrogens with two attached hydrogens (primary N) is 1. The monoisotopic (exact) mass is 283 g/mol. The topological polar surface area (TPSA) is 81.9 Å². The first kappa shape index (κ1) is 13.5. The van der Waals surface area contributed by atoms with E-state index >= 15 is 0 Å². The standard InChI is InChI=1S/C15H17N5O/c1-2-12-8-9-14(21-12)15(18-16)13-10-17-19-20(13)11-6-4-3-5-7-11/h3-10,15,18H,2,16H2,1H3. The molecule has 1 unspecified atom stereocenters. The van der Waals surface area contributed by atoms with Gasteiger partial charge in [-0.2, -0.15) is 0 Å². The normalized spacial score (nSPS) is 12.5. The number of nitrogens with one attached hydrogen (secondary N) is 1. The van der Waals surface area contributed by atoms with Crippen LogP contribution in [-0.4, -0.2) is 15.0 Å². The van der Waals surface area contributed by atoms with Crippen LogP contribution in [0.2, 0.25) is 0 Å². The number of furan rings is 1. The van der Waals surface area contributed by atoms with E-state index < -0.39 is 0 Å². The molecule has 0 amide bonds. The maximum atomic E-state index is 5.79. The van der Waals surface area contributed by atoms with Crippen LogP contribution in [0.5, 0.6) is 0 Å². The van der Waals surface area contributed by atoms with Crippen molar-refractivity contribution in [1.29, 1.82) is 0 Å². The summed E-state index contributed by atoms with van der Waals surface area (Å²) in [5, 5.41) is 8.13. The highest BCUT2D eigenvalue weighted by Gasteiger charge is 2.21. The van der Waals surface area contributed by atoms with Crippen molar-refractivity contribution in [2.45, 2.75) is 19.4 Å². The number of hydrogen-bond acceptors (Lipinski definition) is 5. The van der Waals surface area contributed by atoms with Crippen LogP contribution in [-0.2, 0) is 6.42 Å². The Balaban J connectivity index is 2.01. The molecule has 6 heteroatoms. The summed E-state index contributed by atoms with van der Waals surface area (Å²) in [5.41, 5.74) is 4.52. The summed E-state index contributed by atoms with van der Waals surface area (Å²) in [6.07, 6.45) is 2.53. The zero-order valence-corrected chi connectivity index (χ0v) is 11.7. The molecule has 0 saturated heterocycles. The van der Waals surface area contributed by atoms with Crippen LogP contribution in [0, 0.1) is 0 Å². The molecule has 0 spiro atoms. The first-order valence-electron chi connectivity index (χ1n) is 6.84. The van der Waals surface area contributed by atoms with E-state index in [2.05, 4.69) is 15.7 Å². The van der Waals surface area contributed by atoms with E-state index in [0.29, 0.717) is 0 Å². The van der Waals surface area contributed by atoms with Gasteiger partial charge in [0.05, 0.1) is 17.6 Å². The molecule has 2 aromatic heterocycles. The molecule has 108 valence electrons. The number of nitrogens with zero attached hydrogens (tertiary/aromatic N) is 3. The second-order valence-electron chi connectivity index (χ2n) is 4.66. The Bertz CT molecular complexity index is 704. The van der Waals surface area contributed by atoms with Crippen molar-refractivity contribution in [3.05, 3.63) is 65.9 Å². The number of para-hydroxylation sites is 1. The molecule has 3 rings (SSSR count). The minimum Gasteiger partial charge on any atom is -0.464 e. The number of benzene rings is 1. The Hall–Kier alpha value is -2.44. The van der Waals surface area contributed by atoms with Gasteiger partial charge in [0.25, 0.3) is 0 Å². The third kappa shape index (κ3) is 2.58. The number of aryl methyl sites for hydroxylation is 1. The van der Waals surface area contributed by atoms with Crippen LogP contribution >= 0.6 is 0 Å². The average molecular weight is 283 g/mol. The van der Waals surface area contributed by atoms with Crippen molar-refractivity contribution < 1.29 is 4.42 Å². The van der Waals surface area contributed by atoms with Crippen molar-refractivity contribution in [2.75, 3.05) is 0 Å². The van der Waals surface area contributed by atoms with E-state index in [4.69, 9.17) is 10.3 Å². The van der Waals surface area contributed by atoms with Gasteiger partial charge in [0.2, 0.25) is 0 Å². The SMILES string of the molecule is CCc1ccc(C(NN)c2cnnn2-c2ccccc2)o1. The van der Waals surface area contributed by atoms with Gasteiger partial charge in [0, 0.05) is 6.42 Å². The van der Waals surface area contributed by atoms with Crippen LogP contribution in [0.3, 0.4) is 0 Å². The van der Waals surface area contributed by atoms with Gasteiger partial charge in [-0.05, 0) is 24.3 Å². The lowest BCUT2D eigenvalue weighted by molar-refractivity contribution is 0.418. The first-order valence-corrected chi connectivity index (χ1v) is 6.84. The van der Waals surface area contributed by atoms with Crippen LogP contribution in [0.4, 0.5) is 0 Å². The Kier molecular flexibility index (Phi) is 3.81. The summed E-state index contributed by atoms with van der Waals surface area (Å²) in [6, 6.07) is 13.4. The van der Waals surface area contributed by atoms with E-state index in [1.54, 1.807) is 10.9 Å². The summed E-state index contributed by atoms with van der Waals surface area (Å²) in [6.45, 7) is 2.04. The minimum absolute atomic E-state index is 0.305. The van der Waals surface area contributed by atoms with Gasteiger partial charge < -0.3 is 4.42 Å². The van der Waals surface area contributed by atoms with Crippen molar-refractivity contribution in [3.8, 4) is 5.69 Å². The summed E-state index contributed by atoms with van der Waals surface area (Å²) in [4.78, 5) is 0. The lowest BCUT2D eigenvalue weighted by Crippen LogP contribution is -2.30. The quantitative estimate of drug-likeness (QED) is 0.552. The third-order valence-corrected chi connectivity index (χ3v) is 3.35. The molecule has 21 heavy (non-hydrogen) atoms. The smallest absolute Gasteiger partial charge is 0.128 e. The second kappa shape index (κ2) is 5.90. The number of rotatable bonds is 5. The third-order valence-electron chi connectivity index (χ3n) is 3.35. The lowest BCUT2D eigenvalue weighted by atomic mass is 10.1.